The van der Waals surface area contributed by atoms with Gasteiger partial charge in [-0.3, -0.25) is 5.43 Å². The van der Waals surface area contributed by atoms with Gasteiger partial charge in [0.25, 0.3) is 0 Å². The zero-order valence-corrected chi connectivity index (χ0v) is 8.23. The summed E-state index contributed by atoms with van der Waals surface area (Å²) in [5.41, 5.74) is 2.54. The summed E-state index contributed by atoms with van der Waals surface area (Å²) < 4.78 is 6.23. The highest BCUT2D eigenvalue weighted by Crippen LogP contribution is 2.09. The number of ether oxygens (including phenoxy) is 1. The monoisotopic (exact) mass is 209 g/mol. The average Bonchev–Trinajstić information content (AvgIpc) is 1.81. The maximum Gasteiger partial charge on any atom is 0.237 e. The molecule has 0 aromatic carbocycles. The highest BCUT2D eigenvalue weighted by Gasteiger charge is 2.11. The Morgan fingerprint density at radius 3 is 2.83 bits per heavy atom. The zero-order chi connectivity index (χ0) is 9.14. The molecule has 1 aliphatic heterocycles. The van der Waals surface area contributed by atoms with Gasteiger partial charge in [0.05, 0.1) is 17.9 Å². The van der Waals surface area contributed by atoms with E-state index in [1.165, 1.54) is 0 Å². The van der Waals surface area contributed by atoms with E-state index in [2.05, 4.69) is 10.5 Å². The van der Waals surface area contributed by atoms with Gasteiger partial charge in [-0.25, -0.2) is 0 Å². The van der Waals surface area contributed by atoms with Gasteiger partial charge in [-0.2, -0.15) is 0 Å². The Balaban J connectivity index is 2.63. The van der Waals surface area contributed by atoms with Crippen LogP contribution in [0.5, 0.6) is 0 Å². The fraction of sp³-hybridized carbons (Fsp3) is 0.500. The van der Waals surface area contributed by atoms with Crippen molar-refractivity contribution in [2.75, 3.05) is 0 Å². The number of nitrogens with one attached hydrogen (secondary N) is 1. The molecule has 1 heterocycles. The molecule has 0 radical (unpaired) electrons. The topological polar surface area (TPSA) is 36.9 Å². The molecular formula is C6H9Cl2N3O. The molecule has 4 nitrogen and oxygen atoms in total. The minimum absolute atomic E-state index is 0.0487. The molecule has 0 saturated heterocycles. The fourth-order valence-corrected chi connectivity index (χ4v) is 1.05. The lowest BCUT2D eigenvalue weighted by Gasteiger charge is -2.18. The third-order valence-electron chi connectivity index (χ3n) is 0.992. The molecule has 0 unspecified atom stereocenters. The molecule has 68 valence electrons. The minimum Gasteiger partial charge on any atom is -0.474 e. The van der Waals surface area contributed by atoms with Crippen LogP contribution in [0.15, 0.2) is 16.3 Å². The maximum absolute atomic E-state index is 5.65. The van der Waals surface area contributed by atoms with Gasteiger partial charge in [0.1, 0.15) is 5.16 Å². The van der Waals surface area contributed by atoms with Crippen molar-refractivity contribution < 1.29 is 4.74 Å². The second-order valence-corrected chi connectivity index (χ2v) is 3.20. The third-order valence-corrected chi connectivity index (χ3v) is 1.35. The molecule has 12 heavy (non-hydrogen) atoms. The molecule has 0 aliphatic carbocycles. The van der Waals surface area contributed by atoms with Gasteiger partial charge in [-0.15, -0.1) is 9.74 Å². The van der Waals surface area contributed by atoms with E-state index in [1.807, 2.05) is 13.8 Å². The Bertz CT molecular complexity index is 227. The minimum atomic E-state index is 0.0487. The van der Waals surface area contributed by atoms with Crippen LogP contribution in [0.1, 0.15) is 13.8 Å². The van der Waals surface area contributed by atoms with Crippen molar-refractivity contribution in [3.63, 3.8) is 0 Å². The average molecular weight is 210 g/mol. The van der Waals surface area contributed by atoms with Crippen LogP contribution >= 0.6 is 23.4 Å². The first-order chi connectivity index (χ1) is 5.58. The number of halogens is 2. The summed E-state index contributed by atoms with van der Waals surface area (Å²) in [6.07, 6.45) is 1.60. The Labute approximate surface area is 80.8 Å². The van der Waals surface area contributed by atoms with E-state index in [9.17, 15) is 0 Å². The van der Waals surface area contributed by atoms with E-state index >= 15 is 0 Å². The van der Waals surface area contributed by atoms with E-state index < -0.39 is 0 Å². The normalized spacial score (nSPS) is 16.9. The first-order valence-corrected chi connectivity index (χ1v) is 4.14. The highest BCUT2D eigenvalue weighted by atomic mass is 35.5. The molecule has 0 aromatic rings. The van der Waals surface area contributed by atoms with Crippen molar-refractivity contribution in [3.05, 3.63) is 11.2 Å². The van der Waals surface area contributed by atoms with Gasteiger partial charge >= 0.3 is 0 Å². The van der Waals surface area contributed by atoms with Gasteiger partial charge in [0.2, 0.25) is 5.90 Å². The van der Waals surface area contributed by atoms with Crippen molar-refractivity contribution in [2.24, 2.45) is 5.10 Å². The molecule has 0 atom stereocenters. The fourth-order valence-electron chi connectivity index (χ4n) is 0.668. The summed E-state index contributed by atoms with van der Waals surface area (Å²) in [4.78, 5) is 0. The van der Waals surface area contributed by atoms with E-state index in [0.717, 1.165) is 4.64 Å². The number of hydrogen-bond donors (Lipinski definition) is 1. The lowest BCUT2D eigenvalue weighted by atomic mass is 10.5. The highest BCUT2D eigenvalue weighted by molar-refractivity contribution is 6.31. The smallest absolute Gasteiger partial charge is 0.237 e. The lowest BCUT2D eigenvalue weighted by molar-refractivity contribution is 0.218. The largest absolute Gasteiger partial charge is 0.474 e. The third kappa shape index (κ3) is 2.79. The summed E-state index contributed by atoms with van der Waals surface area (Å²) in [7, 11) is 0. The second kappa shape index (κ2) is 3.87. The number of hydrazone groups is 1. The molecule has 0 aromatic heterocycles. The maximum atomic E-state index is 5.65. The first-order valence-electron chi connectivity index (χ1n) is 3.43. The van der Waals surface area contributed by atoms with E-state index in [4.69, 9.17) is 28.1 Å². The number of nitrogens with zero attached hydrogens (tertiary/aromatic N) is 2. The van der Waals surface area contributed by atoms with Crippen LogP contribution in [0.2, 0.25) is 0 Å². The Kier molecular flexibility index (Phi) is 3.05. The zero-order valence-electron chi connectivity index (χ0n) is 6.71. The Morgan fingerprint density at radius 1 is 1.67 bits per heavy atom. The summed E-state index contributed by atoms with van der Waals surface area (Å²) in [6, 6.07) is 0. The second-order valence-electron chi connectivity index (χ2n) is 2.47. The quantitative estimate of drug-likeness (QED) is 0.529. The summed E-state index contributed by atoms with van der Waals surface area (Å²) >= 11 is 11.2. The molecule has 0 amide bonds. The van der Waals surface area contributed by atoms with Crippen LogP contribution in [0.3, 0.4) is 0 Å². The molecule has 1 rings (SSSR count). The molecule has 0 fully saturated rings. The van der Waals surface area contributed by atoms with Gasteiger partial charge < -0.3 is 4.74 Å². The van der Waals surface area contributed by atoms with Gasteiger partial charge in [-0.05, 0) is 13.8 Å². The van der Waals surface area contributed by atoms with E-state index in [-0.39, 0.29) is 6.10 Å². The number of hydrazine groups is 1. The van der Waals surface area contributed by atoms with Crippen LogP contribution in [-0.2, 0) is 4.74 Å². The molecule has 0 saturated carbocycles. The van der Waals surface area contributed by atoms with Crippen molar-refractivity contribution in [2.45, 2.75) is 20.0 Å². The Morgan fingerprint density at radius 2 is 2.33 bits per heavy atom. The van der Waals surface area contributed by atoms with Crippen molar-refractivity contribution >= 4 is 29.3 Å². The molecular weight excluding hydrogens is 201 g/mol. The Hall–Kier alpha value is -0.610. The van der Waals surface area contributed by atoms with Gasteiger partial charge in [0, 0.05) is 6.08 Å². The number of rotatable bonds is 1. The predicted octanol–water partition coefficient (Wildman–Crippen LogP) is 1.78. The van der Waals surface area contributed by atoms with Crippen LogP contribution in [0, 0.1) is 0 Å². The van der Waals surface area contributed by atoms with Gasteiger partial charge in [-0.1, -0.05) is 11.6 Å². The van der Waals surface area contributed by atoms with Crippen molar-refractivity contribution in [1.82, 2.24) is 10.1 Å². The molecule has 0 bridgehead atoms. The summed E-state index contributed by atoms with van der Waals surface area (Å²) in [5.74, 6) is 0.392. The van der Waals surface area contributed by atoms with Crippen LogP contribution in [0.4, 0.5) is 0 Å². The predicted molar refractivity (Wildman–Crippen MR) is 48.4 cm³/mol. The van der Waals surface area contributed by atoms with E-state index in [0.29, 0.717) is 11.1 Å². The standard InChI is InChI=1S/C6H9Cl2N3O/c1-4(2)12-6-3-5(7)9-11(8)10-6/h3-4,9H,1-2H3. The molecule has 1 N–H and O–H groups in total. The van der Waals surface area contributed by atoms with Crippen LogP contribution < -0.4 is 5.43 Å². The first kappa shape index (κ1) is 9.48. The van der Waals surface area contributed by atoms with Crippen LogP contribution in [-0.4, -0.2) is 16.6 Å². The van der Waals surface area contributed by atoms with E-state index in [1.54, 1.807) is 6.08 Å². The van der Waals surface area contributed by atoms with Crippen molar-refractivity contribution in [3.8, 4) is 0 Å². The summed E-state index contributed by atoms with van der Waals surface area (Å²) in [5, 5.41) is 4.17. The van der Waals surface area contributed by atoms with Crippen LogP contribution in [0.25, 0.3) is 0 Å². The molecule has 1 aliphatic rings. The molecule has 6 heteroatoms. The number of hydrogen-bond acceptors (Lipinski definition) is 4. The SMILES string of the molecule is CC(C)OC1=NN(Cl)NC(Cl)=C1. The van der Waals surface area contributed by atoms with Gasteiger partial charge in [0.15, 0.2) is 0 Å². The van der Waals surface area contributed by atoms with Crippen molar-refractivity contribution in [1.29, 1.82) is 0 Å². The summed E-state index contributed by atoms with van der Waals surface area (Å²) in [6.45, 7) is 3.79. The lowest BCUT2D eigenvalue weighted by Crippen LogP contribution is -2.29. The molecule has 0 spiro atoms.